The minimum atomic E-state index is -4.61. The molecule has 1 fully saturated rings. The largest absolute Gasteiger partial charge is 0.416 e. The maximum atomic E-state index is 13.6. The Bertz CT molecular complexity index is 1360. The second-order valence-corrected chi connectivity index (χ2v) is 10.7. The summed E-state index contributed by atoms with van der Waals surface area (Å²) in [6.45, 7) is 9.90. The van der Waals surface area contributed by atoms with E-state index in [1.165, 1.54) is 12.1 Å². The van der Waals surface area contributed by atoms with Crippen molar-refractivity contribution in [3.63, 3.8) is 0 Å². The van der Waals surface area contributed by atoms with Crippen LogP contribution < -0.4 is 15.5 Å². The van der Waals surface area contributed by atoms with Gasteiger partial charge in [0.05, 0.1) is 18.8 Å². The van der Waals surface area contributed by atoms with E-state index in [9.17, 15) is 22.8 Å². The molecule has 2 aromatic carbocycles. The highest BCUT2D eigenvalue weighted by Gasteiger charge is 2.32. The highest BCUT2D eigenvalue weighted by atomic mass is 19.4. The number of ether oxygens (including phenoxy) is 1. The first kappa shape index (κ1) is 28.2. The Morgan fingerprint density at radius 1 is 1.00 bits per heavy atom. The number of hydrogen-bond donors (Lipinski definition) is 2. The van der Waals surface area contributed by atoms with Crippen LogP contribution in [-0.4, -0.2) is 49.8 Å². The molecule has 0 atom stereocenters. The number of carbonyl (C=O) groups is 2. The van der Waals surface area contributed by atoms with Crippen LogP contribution in [0.3, 0.4) is 0 Å². The maximum absolute atomic E-state index is 13.6. The molecule has 1 aliphatic heterocycles. The van der Waals surface area contributed by atoms with Gasteiger partial charge in [-0.25, -0.2) is 0 Å². The molecule has 8 nitrogen and oxygen atoms in total. The van der Waals surface area contributed by atoms with Gasteiger partial charge in [0.15, 0.2) is 0 Å². The number of aromatic nitrogens is 1. The van der Waals surface area contributed by atoms with E-state index >= 15 is 0 Å². The minimum absolute atomic E-state index is 0.0442. The van der Waals surface area contributed by atoms with E-state index in [1.54, 1.807) is 23.1 Å². The van der Waals surface area contributed by atoms with Crippen LogP contribution in [-0.2, 0) is 10.9 Å². The maximum Gasteiger partial charge on any atom is 0.416 e. The number of hydrogen-bond acceptors (Lipinski definition) is 6. The van der Waals surface area contributed by atoms with Crippen molar-refractivity contribution in [2.45, 2.75) is 33.9 Å². The number of alkyl halides is 3. The van der Waals surface area contributed by atoms with Gasteiger partial charge in [0.2, 0.25) is 5.76 Å². The zero-order valence-electron chi connectivity index (χ0n) is 22.2. The van der Waals surface area contributed by atoms with Gasteiger partial charge in [-0.2, -0.15) is 13.2 Å². The fourth-order valence-electron chi connectivity index (χ4n) is 4.03. The molecule has 208 valence electrons. The van der Waals surface area contributed by atoms with Gasteiger partial charge >= 0.3 is 6.18 Å². The van der Waals surface area contributed by atoms with Gasteiger partial charge < -0.3 is 24.8 Å². The minimum Gasteiger partial charge on any atom is -0.378 e. The number of aryl methyl sites for hydroxylation is 1. The fraction of sp³-hybridized carbons (Fsp3) is 0.393. The molecular formula is C28H31F3N4O4. The predicted molar refractivity (Wildman–Crippen MR) is 141 cm³/mol. The molecule has 3 aromatic rings. The summed E-state index contributed by atoms with van der Waals surface area (Å²) in [4.78, 5) is 27.3. The fourth-order valence-corrected chi connectivity index (χ4v) is 4.03. The first-order chi connectivity index (χ1) is 18.3. The van der Waals surface area contributed by atoms with Crippen LogP contribution in [0.25, 0.3) is 11.3 Å². The normalized spacial score (nSPS) is 14.3. The van der Waals surface area contributed by atoms with Crippen molar-refractivity contribution < 1.29 is 32.0 Å². The first-order valence-electron chi connectivity index (χ1n) is 12.5. The molecule has 0 radical (unpaired) electrons. The van der Waals surface area contributed by atoms with Crippen molar-refractivity contribution in [3.8, 4) is 11.3 Å². The molecule has 2 heterocycles. The van der Waals surface area contributed by atoms with E-state index in [0.29, 0.717) is 55.5 Å². The van der Waals surface area contributed by atoms with Crippen molar-refractivity contribution in [1.82, 2.24) is 10.5 Å². The summed E-state index contributed by atoms with van der Waals surface area (Å²) >= 11 is 0. The zero-order valence-corrected chi connectivity index (χ0v) is 22.2. The number of anilines is 2. The molecule has 1 aromatic heterocycles. The molecule has 0 aliphatic carbocycles. The van der Waals surface area contributed by atoms with E-state index in [1.807, 2.05) is 27.7 Å². The molecule has 4 rings (SSSR count). The predicted octanol–water partition coefficient (Wildman–Crippen LogP) is 5.53. The van der Waals surface area contributed by atoms with Crippen LogP contribution in [0, 0.1) is 12.3 Å². The van der Waals surface area contributed by atoms with E-state index in [-0.39, 0.29) is 16.7 Å². The summed E-state index contributed by atoms with van der Waals surface area (Å²) in [7, 11) is 0. The third kappa shape index (κ3) is 7.17. The van der Waals surface area contributed by atoms with Crippen LogP contribution in [0.15, 0.2) is 47.0 Å². The molecule has 2 N–H and O–H groups in total. The summed E-state index contributed by atoms with van der Waals surface area (Å²) in [6, 6.07) is 9.87. The lowest BCUT2D eigenvalue weighted by molar-refractivity contribution is -0.137. The van der Waals surface area contributed by atoms with E-state index in [2.05, 4.69) is 15.8 Å². The molecule has 0 unspecified atom stereocenters. The van der Waals surface area contributed by atoms with Crippen molar-refractivity contribution in [1.29, 1.82) is 0 Å². The monoisotopic (exact) mass is 544 g/mol. The van der Waals surface area contributed by atoms with E-state index in [0.717, 1.165) is 17.7 Å². The highest BCUT2D eigenvalue weighted by molar-refractivity contribution is 6.05. The van der Waals surface area contributed by atoms with Crippen molar-refractivity contribution >= 4 is 23.2 Å². The standard InChI is InChI=1S/C28H31F3N4O4/c1-17-5-6-20(14-22(17)23-15-24(39-34-23)26(37)32-16-27(2,3)4)33-25(36)18-11-19(28(29,30)31)13-21(12-18)35-7-9-38-10-8-35/h5-6,11-15H,7-10,16H2,1-4H3,(H,32,37)(H,33,36). The second-order valence-electron chi connectivity index (χ2n) is 10.7. The summed E-state index contributed by atoms with van der Waals surface area (Å²) in [5, 5.41) is 9.48. The number of amides is 2. The number of nitrogens with one attached hydrogen (secondary N) is 2. The number of benzene rings is 2. The van der Waals surface area contributed by atoms with Crippen LogP contribution >= 0.6 is 0 Å². The van der Waals surface area contributed by atoms with Gasteiger partial charge in [0.25, 0.3) is 11.8 Å². The number of rotatable bonds is 6. The highest BCUT2D eigenvalue weighted by Crippen LogP contribution is 2.34. The van der Waals surface area contributed by atoms with Gasteiger partial charge in [0.1, 0.15) is 5.69 Å². The van der Waals surface area contributed by atoms with Crippen molar-refractivity contribution in [2.75, 3.05) is 43.1 Å². The number of nitrogens with zero attached hydrogens (tertiary/aromatic N) is 2. The van der Waals surface area contributed by atoms with Gasteiger partial charge in [0, 0.05) is 48.2 Å². The van der Waals surface area contributed by atoms with Gasteiger partial charge in [-0.05, 0) is 48.2 Å². The average Bonchev–Trinajstić information content (AvgIpc) is 3.38. The Kier molecular flexibility index (Phi) is 8.01. The van der Waals surface area contributed by atoms with Crippen LogP contribution in [0.4, 0.5) is 24.5 Å². The quantitative estimate of drug-likeness (QED) is 0.424. The lowest BCUT2D eigenvalue weighted by Crippen LogP contribution is -2.36. The Hall–Kier alpha value is -3.86. The molecule has 0 bridgehead atoms. The number of morpholine rings is 1. The Morgan fingerprint density at radius 2 is 1.72 bits per heavy atom. The smallest absolute Gasteiger partial charge is 0.378 e. The zero-order chi connectivity index (χ0) is 28.4. The first-order valence-corrected chi connectivity index (χ1v) is 12.5. The molecule has 2 amide bonds. The number of carbonyl (C=O) groups excluding carboxylic acids is 2. The molecule has 39 heavy (non-hydrogen) atoms. The lowest BCUT2D eigenvalue weighted by Gasteiger charge is -2.29. The Balaban J connectivity index is 1.56. The molecule has 11 heteroatoms. The van der Waals surface area contributed by atoms with Gasteiger partial charge in [-0.15, -0.1) is 0 Å². The Morgan fingerprint density at radius 3 is 2.38 bits per heavy atom. The molecule has 0 saturated carbocycles. The molecule has 1 aliphatic rings. The Labute approximate surface area is 224 Å². The van der Waals surface area contributed by atoms with Crippen LogP contribution in [0.5, 0.6) is 0 Å². The second kappa shape index (κ2) is 11.1. The summed E-state index contributed by atoms with van der Waals surface area (Å²) in [5.41, 5.74) is 1.33. The summed E-state index contributed by atoms with van der Waals surface area (Å²) < 4.78 is 51.4. The SMILES string of the molecule is Cc1ccc(NC(=O)c2cc(N3CCOCC3)cc(C(F)(F)F)c2)cc1-c1cc(C(=O)NCC(C)(C)C)on1. The molecular weight excluding hydrogens is 513 g/mol. The van der Waals surface area contributed by atoms with E-state index < -0.39 is 23.6 Å². The number of halogens is 3. The van der Waals surface area contributed by atoms with E-state index in [4.69, 9.17) is 9.26 Å². The summed E-state index contributed by atoms with van der Waals surface area (Å²) in [5.74, 6) is -1.04. The molecule has 0 spiro atoms. The van der Waals surface area contributed by atoms with Crippen LogP contribution in [0.1, 0.15) is 52.8 Å². The molecule has 1 saturated heterocycles. The third-order valence-electron chi connectivity index (χ3n) is 6.17. The van der Waals surface area contributed by atoms with Gasteiger partial charge in [-0.3, -0.25) is 9.59 Å². The third-order valence-corrected chi connectivity index (χ3v) is 6.17. The van der Waals surface area contributed by atoms with Gasteiger partial charge in [-0.1, -0.05) is 32.0 Å². The van der Waals surface area contributed by atoms with Crippen LogP contribution in [0.2, 0.25) is 0 Å². The topological polar surface area (TPSA) is 96.7 Å². The van der Waals surface area contributed by atoms with Crippen molar-refractivity contribution in [2.24, 2.45) is 5.41 Å². The van der Waals surface area contributed by atoms with Crippen molar-refractivity contribution in [3.05, 3.63) is 64.9 Å². The average molecular weight is 545 g/mol. The summed E-state index contributed by atoms with van der Waals surface area (Å²) in [6.07, 6.45) is -4.61. The lowest BCUT2D eigenvalue weighted by atomic mass is 9.97.